The molecule has 1 saturated heterocycles. The van der Waals surface area contributed by atoms with Crippen LogP contribution in [0.1, 0.15) is 13.3 Å². The quantitative estimate of drug-likeness (QED) is 0.501. The van der Waals surface area contributed by atoms with Crippen molar-refractivity contribution in [2.24, 2.45) is 5.92 Å². The van der Waals surface area contributed by atoms with Gasteiger partial charge >= 0.3 is 0 Å². The molecule has 1 heterocycles. The fraction of sp³-hybridized carbons (Fsp3) is 0.833. The van der Waals surface area contributed by atoms with Gasteiger partial charge < -0.3 is 10.4 Å². The van der Waals surface area contributed by atoms with Crippen LogP contribution in [0.4, 0.5) is 0 Å². The van der Waals surface area contributed by atoms with Crippen LogP contribution >= 0.6 is 0 Å². The Balaban J connectivity index is 2.51. The molecule has 1 aliphatic heterocycles. The van der Waals surface area contributed by atoms with Crippen LogP contribution in [0.5, 0.6) is 0 Å². The topological polar surface area (TPSA) is 49.3 Å². The summed E-state index contributed by atoms with van der Waals surface area (Å²) < 4.78 is 0. The molecule has 1 fully saturated rings. The van der Waals surface area contributed by atoms with Crippen molar-refractivity contribution in [3.05, 3.63) is 0 Å². The summed E-state index contributed by atoms with van der Waals surface area (Å²) in [4.78, 5) is 10.6. The molecule has 2 N–H and O–H groups in total. The predicted octanol–water partition coefficient (Wildman–Crippen LogP) is -0.497. The van der Waals surface area contributed by atoms with Crippen molar-refractivity contribution in [2.75, 3.05) is 6.54 Å². The fourth-order valence-electron chi connectivity index (χ4n) is 1.03. The number of amides is 1. The minimum atomic E-state index is -0.755. The molecule has 0 spiro atoms. The van der Waals surface area contributed by atoms with E-state index in [0.717, 1.165) is 6.42 Å². The van der Waals surface area contributed by atoms with E-state index in [9.17, 15) is 4.79 Å². The van der Waals surface area contributed by atoms with Crippen LogP contribution in [-0.2, 0) is 4.79 Å². The van der Waals surface area contributed by atoms with E-state index >= 15 is 0 Å². The highest BCUT2D eigenvalue weighted by atomic mass is 16.3. The molecule has 1 aliphatic rings. The predicted molar refractivity (Wildman–Crippen MR) is 32.8 cm³/mol. The first kappa shape index (κ1) is 6.55. The van der Waals surface area contributed by atoms with Crippen LogP contribution in [0.15, 0.2) is 0 Å². The highest BCUT2D eigenvalue weighted by molar-refractivity contribution is 5.82. The normalized spacial score (nSPS) is 34.7. The molecule has 3 nitrogen and oxygen atoms in total. The Morgan fingerprint density at radius 2 is 2.56 bits per heavy atom. The Hall–Kier alpha value is -0.570. The number of carbonyl (C=O) groups excluding carboxylic acids is 1. The molecule has 0 aromatic heterocycles. The molecule has 1 rings (SSSR count). The molecule has 3 heteroatoms. The van der Waals surface area contributed by atoms with E-state index in [1.165, 1.54) is 0 Å². The Labute approximate surface area is 54.1 Å². The molecule has 1 amide bonds. The van der Waals surface area contributed by atoms with E-state index < -0.39 is 6.10 Å². The third-order valence-corrected chi connectivity index (χ3v) is 1.78. The third-order valence-electron chi connectivity index (χ3n) is 1.78. The molecule has 0 unspecified atom stereocenters. The van der Waals surface area contributed by atoms with Gasteiger partial charge in [-0.3, -0.25) is 4.79 Å². The van der Waals surface area contributed by atoms with E-state index in [0.29, 0.717) is 6.54 Å². The largest absolute Gasteiger partial charge is 0.383 e. The zero-order valence-corrected chi connectivity index (χ0v) is 5.42. The number of aliphatic hydroxyl groups excluding tert-OH is 1. The van der Waals surface area contributed by atoms with Gasteiger partial charge in [0.15, 0.2) is 0 Å². The van der Waals surface area contributed by atoms with Gasteiger partial charge in [0.2, 0.25) is 5.91 Å². The summed E-state index contributed by atoms with van der Waals surface area (Å²) in [5.41, 5.74) is 0. The number of rotatable bonds is 1. The van der Waals surface area contributed by atoms with Gasteiger partial charge in [0.25, 0.3) is 0 Å². The number of hydrogen-bond donors (Lipinski definition) is 2. The molecule has 0 aromatic rings. The highest BCUT2D eigenvalue weighted by Crippen LogP contribution is 2.12. The lowest BCUT2D eigenvalue weighted by molar-refractivity contribution is -0.127. The smallest absolute Gasteiger partial charge is 0.249 e. The van der Waals surface area contributed by atoms with Crippen molar-refractivity contribution in [1.82, 2.24) is 5.32 Å². The molecule has 9 heavy (non-hydrogen) atoms. The van der Waals surface area contributed by atoms with Crippen LogP contribution < -0.4 is 5.32 Å². The molecular formula is C6H11NO2. The van der Waals surface area contributed by atoms with Crippen molar-refractivity contribution in [3.63, 3.8) is 0 Å². The van der Waals surface area contributed by atoms with E-state index in [-0.39, 0.29) is 11.8 Å². The second-order valence-electron chi connectivity index (χ2n) is 2.36. The summed E-state index contributed by atoms with van der Waals surface area (Å²) in [6, 6.07) is 0. The summed E-state index contributed by atoms with van der Waals surface area (Å²) in [6.07, 6.45) is 0.106. The molecule has 0 radical (unpaired) electrons. The van der Waals surface area contributed by atoms with Gasteiger partial charge in [-0.15, -0.1) is 0 Å². The number of carbonyl (C=O) groups is 1. The van der Waals surface area contributed by atoms with Crippen LogP contribution in [0, 0.1) is 5.92 Å². The Morgan fingerprint density at radius 3 is 2.78 bits per heavy atom. The van der Waals surface area contributed by atoms with Gasteiger partial charge in [-0.1, -0.05) is 6.92 Å². The number of aliphatic hydroxyl groups is 1. The summed E-state index contributed by atoms with van der Waals surface area (Å²) in [7, 11) is 0. The Morgan fingerprint density at radius 1 is 1.89 bits per heavy atom. The molecular weight excluding hydrogens is 118 g/mol. The zero-order valence-electron chi connectivity index (χ0n) is 5.42. The monoisotopic (exact) mass is 129 g/mol. The minimum absolute atomic E-state index is 0.137. The van der Waals surface area contributed by atoms with Gasteiger partial charge in [-0.25, -0.2) is 0 Å². The summed E-state index contributed by atoms with van der Waals surface area (Å²) in [5.74, 6) is -0.0839. The molecule has 52 valence electrons. The van der Waals surface area contributed by atoms with Gasteiger partial charge in [-0.2, -0.15) is 0 Å². The first-order chi connectivity index (χ1) is 4.25. The highest BCUT2D eigenvalue weighted by Gasteiger charge is 2.30. The van der Waals surface area contributed by atoms with Gasteiger partial charge in [0.05, 0.1) is 0 Å². The lowest BCUT2D eigenvalue weighted by Crippen LogP contribution is -2.24. The average Bonchev–Trinajstić information content (AvgIpc) is 2.15. The van der Waals surface area contributed by atoms with Crippen molar-refractivity contribution < 1.29 is 9.90 Å². The van der Waals surface area contributed by atoms with E-state index in [1.807, 2.05) is 6.92 Å². The second kappa shape index (κ2) is 2.35. The Bertz CT molecular complexity index is 124. The van der Waals surface area contributed by atoms with Crippen molar-refractivity contribution >= 4 is 5.91 Å². The van der Waals surface area contributed by atoms with E-state index in [1.54, 1.807) is 0 Å². The molecule has 2 atom stereocenters. The molecule has 0 saturated carbocycles. The van der Waals surface area contributed by atoms with Crippen molar-refractivity contribution in [3.8, 4) is 0 Å². The van der Waals surface area contributed by atoms with Crippen LogP contribution in [-0.4, -0.2) is 23.7 Å². The standard InChI is InChI=1S/C6H11NO2/c1-2-4-3-7-6(9)5(4)8/h4-5,8H,2-3H2,1H3,(H,7,9)/t4-,5-/m0/s1. The van der Waals surface area contributed by atoms with Gasteiger partial charge in [-0.05, 0) is 6.42 Å². The number of nitrogens with one attached hydrogen (secondary N) is 1. The van der Waals surface area contributed by atoms with Crippen LogP contribution in [0.2, 0.25) is 0 Å². The van der Waals surface area contributed by atoms with E-state index in [4.69, 9.17) is 5.11 Å². The first-order valence-electron chi connectivity index (χ1n) is 3.21. The van der Waals surface area contributed by atoms with Crippen molar-refractivity contribution in [2.45, 2.75) is 19.4 Å². The summed E-state index contributed by atoms with van der Waals surface area (Å²) >= 11 is 0. The van der Waals surface area contributed by atoms with Gasteiger partial charge in [0, 0.05) is 12.5 Å². The van der Waals surface area contributed by atoms with Crippen molar-refractivity contribution in [1.29, 1.82) is 0 Å². The van der Waals surface area contributed by atoms with E-state index in [2.05, 4.69) is 5.32 Å². The first-order valence-corrected chi connectivity index (χ1v) is 3.21. The Kier molecular flexibility index (Phi) is 1.71. The van der Waals surface area contributed by atoms with Crippen LogP contribution in [0.25, 0.3) is 0 Å². The maximum absolute atomic E-state index is 10.6. The minimum Gasteiger partial charge on any atom is -0.383 e. The van der Waals surface area contributed by atoms with Crippen LogP contribution in [0.3, 0.4) is 0 Å². The average molecular weight is 129 g/mol. The summed E-state index contributed by atoms with van der Waals surface area (Å²) in [6.45, 7) is 2.60. The SMILES string of the molecule is CC[C@H]1CNC(=O)[C@H]1O. The zero-order chi connectivity index (χ0) is 6.85. The lowest BCUT2D eigenvalue weighted by Gasteiger charge is -2.05. The summed E-state index contributed by atoms with van der Waals surface area (Å²) in [5, 5.41) is 11.6. The molecule has 0 aromatic carbocycles. The van der Waals surface area contributed by atoms with Gasteiger partial charge in [0.1, 0.15) is 6.10 Å². The molecule has 0 bridgehead atoms. The maximum atomic E-state index is 10.6. The number of hydrogen-bond acceptors (Lipinski definition) is 2. The third kappa shape index (κ3) is 1.05. The maximum Gasteiger partial charge on any atom is 0.249 e. The second-order valence-corrected chi connectivity index (χ2v) is 2.36. The molecule has 0 aliphatic carbocycles. The lowest BCUT2D eigenvalue weighted by atomic mass is 10.0. The fourth-order valence-corrected chi connectivity index (χ4v) is 1.03.